The fourth-order valence-corrected chi connectivity index (χ4v) is 2.15. The smallest absolute Gasteiger partial charge is 0.194 e. The third-order valence-electron chi connectivity index (χ3n) is 2.62. The number of halogens is 5. The molecule has 2 aromatic carbocycles. The van der Waals surface area contributed by atoms with Gasteiger partial charge in [-0.1, -0.05) is 35.3 Å². The van der Waals surface area contributed by atoms with E-state index in [4.69, 9.17) is 23.2 Å². The summed E-state index contributed by atoms with van der Waals surface area (Å²) in [6.07, 6.45) is -1.51. The minimum Gasteiger partial charge on any atom is -0.383 e. The molecule has 0 aliphatic heterocycles. The highest BCUT2D eigenvalue weighted by atomic mass is 35.5. The van der Waals surface area contributed by atoms with Crippen molar-refractivity contribution in [1.82, 2.24) is 0 Å². The molecular weight excluding hydrogens is 300 g/mol. The summed E-state index contributed by atoms with van der Waals surface area (Å²) >= 11 is 11.6. The summed E-state index contributed by atoms with van der Waals surface area (Å²) in [6, 6.07) is 5.89. The van der Waals surface area contributed by atoms with E-state index >= 15 is 0 Å². The highest BCUT2D eigenvalue weighted by Gasteiger charge is 2.22. The molecule has 0 aromatic heterocycles. The largest absolute Gasteiger partial charge is 0.383 e. The first-order valence-corrected chi connectivity index (χ1v) is 5.94. The van der Waals surface area contributed by atoms with E-state index in [2.05, 4.69) is 0 Å². The van der Waals surface area contributed by atoms with Gasteiger partial charge in [0.05, 0.1) is 0 Å². The minimum absolute atomic E-state index is 0.101. The Kier molecular flexibility index (Phi) is 4.04. The molecule has 0 saturated carbocycles. The van der Waals surface area contributed by atoms with Crippen LogP contribution in [0.1, 0.15) is 17.2 Å². The maximum absolute atomic E-state index is 13.6. The topological polar surface area (TPSA) is 20.2 Å². The molecule has 0 aliphatic rings. The highest BCUT2D eigenvalue weighted by molar-refractivity contribution is 6.35. The molecule has 0 aliphatic carbocycles. The Labute approximate surface area is 117 Å². The van der Waals surface area contributed by atoms with Crippen molar-refractivity contribution in [3.8, 4) is 0 Å². The van der Waals surface area contributed by atoms with E-state index in [1.807, 2.05) is 0 Å². The quantitative estimate of drug-likeness (QED) is 0.810. The molecule has 1 unspecified atom stereocenters. The lowest BCUT2D eigenvalue weighted by atomic mass is 10.0. The summed E-state index contributed by atoms with van der Waals surface area (Å²) < 4.78 is 39.5. The Morgan fingerprint density at radius 2 is 1.53 bits per heavy atom. The van der Waals surface area contributed by atoms with E-state index in [-0.39, 0.29) is 10.6 Å². The van der Waals surface area contributed by atoms with Crippen LogP contribution in [0.15, 0.2) is 30.3 Å². The number of aliphatic hydroxyl groups excluding tert-OH is 1. The zero-order valence-corrected chi connectivity index (χ0v) is 10.8. The Morgan fingerprint density at radius 3 is 2.16 bits per heavy atom. The van der Waals surface area contributed by atoms with Crippen LogP contribution in [0, 0.1) is 17.5 Å². The van der Waals surface area contributed by atoms with Crippen LogP contribution in [-0.2, 0) is 0 Å². The second kappa shape index (κ2) is 5.41. The van der Waals surface area contributed by atoms with Crippen molar-refractivity contribution in [3.05, 3.63) is 69.0 Å². The lowest BCUT2D eigenvalue weighted by Gasteiger charge is -2.14. The van der Waals surface area contributed by atoms with Crippen LogP contribution in [0.5, 0.6) is 0 Å². The molecule has 0 amide bonds. The van der Waals surface area contributed by atoms with Gasteiger partial charge in [0.1, 0.15) is 6.10 Å². The number of hydrogen-bond acceptors (Lipinski definition) is 1. The van der Waals surface area contributed by atoms with Gasteiger partial charge in [0.15, 0.2) is 17.5 Å². The molecule has 1 N–H and O–H groups in total. The molecule has 0 saturated heterocycles. The number of rotatable bonds is 2. The number of aliphatic hydroxyl groups is 1. The lowest BCUT2D eigenvalue weighted by molar-refractivity contribution is 0.212. The Bertz CT molecular complexity index is 632. The first-order chi connectivity index (χ1) is 8.91. The minimum atomic E-state index is -1.64. The molecule has 0 heterocycles. The summed E-state index contributed by atoms with van der Waals surface area (Å²) in [5.74, 6) is -4.41. The molecule has 2 aromatic rings. The van der Waals surface area contributed by atoms with Gasteiger partial charge in [-0.05, 0) is 18.2 Å². The maximum atomic E-state index is 13.6. The fourth-order valence-electron chi connectivity index (χ4n) is 1.64. The Hall–Kier alpha value is -1.23. The van der Waals surface area contributed by atoms with Crippen LogP contribution in [0.4, 0.5) is 13.2 Å². The SMILES string of the molecule is OC(c1ccc(Cl)cc1Cl)c1ccc(F)c(F)c1F. The molecule has 100 valence electrons. The third kappa shape index (κ3) is 2.71. The summed E-state index contributed by atoms with van der Waals surface area (Å²) in [6.45, 7) is 0. The predicted octanol–water partition coefficient (Wildman–Crippen LogP) is 4.49. The molecule has 0 spiro atoms. The monoisotopic (exact) mass is 306 g/mol. The summed E-state index contributed by atoms with van der Waals surface area (Å²) in [5.41, 5.74) is -0.251. The van der Waals surface area contributed by atoms with Crippen LogP contribution in [-0.4, -0.2) is 5.11 Å². The molecule has 2 rings (SSSR count). The molecule has 0 bridgehead atoms. The number of hydrogen-bond donors (Lipinski definition) is 1. The van der Waals surface area contributed by atoms with Gasteiger partial charge in [-0.15, -0.1) is 0 Å². The molecule has 1 atom stereocenters. The van der Waals surface area contributed by atoms with Gasteiger partial charge in [0.25, 0.3) is 0 Å². The van der Waals surface area contributed by atoms with Crippen LogP contribution < -0.4 is 0 Å². The van der Waals surface area contributed by atoms with Gasteiger partial charge in [-0.3, -0.25) is 0 Å². The predicted molar refractivity (Wildman–Crippen MR) is 66.8 cm³/mol. The van der Waals surface area contributed by atoms with Crippen LogP contribution in [0.25, 0.3) is 0 Å². The van der Waals surface area contributed by atoms with E-state index < -0.39 is 29.1 Å². The second-order valence-corrected chi connectivity index (χ2v) is 4.68. The standard InChI is InChI=1S/C13H7Cl2F3O/c14-6-1-2-7(9(15)5-6)13(19)8-3-4-10(16)12(18)11(8)17/h1-5,13,19H. The summed E-state index contributed by atoms with van der Waals surface area (Å²) in [4.78, 5) is 0. The van der Waals surface area contributed by atoms with Crippen molar-refractivity contribution in [3.63, 3.8) is 0 Å². The van der Waals surface area contributed by atoms with Gasteiger partial charge < -0.3 is 5.11 Å². The van der Waals surface area contributed by atoms with E-state index in [1.54, 1.807) is 0 Å². The van der Waals surface area contributed by atoms with E-state index in [9.17, 15) is 18.3 Å². The van der Waals surface area contributed by atoms with Crippen LogP contribution in [0.3, 0.4) is 0 Å². The van der Waals surface area contributed by atoms with E-state index in [0.29, 0.717) is 5.02 Å². The normalized spacial score (nSPS) is 12.5. The van der Waals surface area contributed by atoms with Gasteiger partial charge in [-0.2, -0.15) is 0 Å². The number of benzene rings is 2. The zero-order chi connectivity index (χ0) is 14.2. The van der Waals surface area contributed by atoms with Crippen molar-refractivity contribution in [2.45, 2.75) is 6.10 Å². The average molecular weight is 307 g/mol. The molecular formula is C13H7Cl2F3O. The molecule has 1 nitrogen and oxygen atoms in total. The van der Waals surface area contributed by atoms with Gasteiger partial charge in [0, 0.05) is 21.2 Å². The van der Waals surface area contributed by atoms with Crippen molar-refractivity contribution in [2.75, 3.05) is 0 Å². The van der Waals surface area contributed by atoms with Crippen LogP contribution >= 0.6 is 23.2 Å². The third-order valence-corrected chi connectivity index (χ3v) is 3.18. The van der Waals surface area contributed by atoms with Crippen molar-refractivity contribution >= 4 is 23.2 Å². The molecule has 6 heteroatoms. The zero-order valence-electron chi connectivity index (χ0n) is 9.30. The van der Waals surface area contributed by atoms with Gasteiger partial charge in [-0.25, -0.2) is 13.2 Å². The average Bonchev–Trinajstić information content (AvgIpc) is 2.35. The fraction of sp³-hybridized carbons (Fsp3) is 0.0769. The second-order valence-electron chi connectivity index (χ2n) is 3.83. The first-order valence-electron chi connectivity index (χ1n) is 5.18. The van der Waals surface area contributed by atoms with Crippen LogP contribution in [0.2, 0.25) is 10.0 Å². The van der Waals surface area contributed by atoms with E-state index in [1.165, 1.54) is 18.2 Å². The Morgan fingerprint density at radius 1 is 0.895 bits per heavy atom. The van der Waals surface area contributed by atoms with Crippen molar-refractivity contribution in [1.29, 1.82) is 0 Å². The first kappa shape index (κ1) is 14.2. The van der Waals surface area contributed by atoms with Crippen molar-refractivity contribution < 1.29 is 18.3 Å². The molecule has 19 heavy (non-hydrogen) atoms. The lowest BCUT2D eigenvalue weighted by Crippen LogP contribution is -2.06. The highest BCUT2D eigenvalue weighted by Crippen LogP contribution is 2.32. The van der Waals surface area contributed by atoms with Gasteiger partial charge in [0.2, 0.25) is 0 Å². The summed E-state index contributed by atoms with van der Waals surface area (Å²) in [7, 11) is 0. The Balaban J connectivity index is 2.50. The molecule has 0 fully saturated rings. The van der Waals surface area contributed by atoms with Crippen molar-refractivity contribution in [2.24, 2.45) is 0 Å². The maximum Gasteiger partial charge on any atom is 0.194 e. The molecule has 0 radical (unpaired) electrons. The van der Waals surface area contributed by atoms with E-state index in [0.717, 1.165) is 12.1 Å². The summed E-state index contributed by atoms with van der Waals surface area (Å²) in [5, 5.41) is 10.4. The van der Waals surface area contributed by atoms with Gasteiger partial charge >= 0.3 is 0 Å².